The molecule has 28 heavy (non-hydrogen) atoms. The van der Waals surface area contributed by atoms with Gasteiger partial charge in [0.05, 0.1) is 13.0 Å². The number of hydrogen-bond acceptors (Lipinski definition) is 4. The molecule has 1 saturated heterocycles. The number of carbonyl (C=O) groups excluding carboxylic acids is 1. The smallest absolute Gasteiger partial charge is 0.226 e. The van der Waals surface area contributed by atoms with Crippen molar-refractivity contribution in [1.82, 2.24) is 9.80 Å². The molecule has 150 valence electrons. The summed E-state index contributed by atoms with van der Waals surface area (Å²) in [5.74, 6) is 0.872. The summed E-state index contributed by atoms with van der Waals surface area (Å²) in [6, 6.07) is 13.7. The van der Waals surface area contributed by atoms with E-state index < -0.39 is 0 Å². The summed E-state index contributed by atoms with van der Waals surface area (Å²) in [5, 5.41) is 9.45. The van der Waals surface area contributed by atoms with Crippen molar-refractivity contribution in [3.63, 3.8) is 0 Å². The molecule has 1 N–H and O–H groups in total. The van der Waals surface area contributed by atoms with Crippen molar-refractivity contribution in [2.45, 2.75) is 33.2 Å². The van der Waals surface area contributed by atoms with E-state index in [0.29, 0.717) is 24.8 Å². The largest absolute Gasteiger partial charge is 0.508 e. The van der Waals surface area contributed by atoms with E-state index in [0.717, 1.165) is 26.2 Å². The van der Waals surface area contributed by atoms with Crippen LogP contribution >= 0.6 is 0 Å². The lowest BCUT2D eigenvalue weighted by molar-refractivity contribution is -0.133. The first kappa shape index (κ1) is 20.2. The molecular weight excluding hydrogens is 352 g/mol. The fourth-order valence-electron chi connectivity index (χ4n) is 3.58. The monoisotopic (exact) mass is 382 g/mol. The average molecular weight is 383 g/mol. The quantitative estimate of drug-likeness (QED) is 0.828. The van der Waals surface area contributed by atoms with Crippen LogP contribution in [0.3, 0.4) is 0 Å². The van der Waals surface area contributed by atoms with Gasteiger partial charge in [0.15, 0.2) is 0 Å². The van der Waals surface area contributed by atoms with Crippen LogP contribution in [-0.2, 0) is 4.79 Å². The Morgan fingerprint density at radius 2 is 1.82 bits per heavy atom. The summed E-state index contributed by atoms with van der Waals surface area (Å²) in [7, 11) is 0. The van der Waals surface area contributed by atoms with Crippen LogP contribution in [0.25, 0.3) is 0 Å². The number of hydrogen-bond donors (Lipinski definition) is 1. The number of piperazine rings is 1. The predicted molar refractivity (Wildman–Crippen MR) is 111 cm³/mol. The number of phenolic OH excluding ortho intramolecular Hbond substituents is 1. The van der Waals surface area contributed by atoms with E-state index in [1.807, 2.05) is 4.90 Å². The van der Waals surface area contributed by atoms with E-state index in [2.05, 4.69) is 43.9 Å². The molecule has 1 heterocycles. The molecule has 0 radical (unpaired) electrons. The van der Waals surface area contributed by atoms with Crippen molar-refractivity contribution in [3.8, 4) is 11.5 Å². The Morgan fingerprint density at radius 3 is 2.50 bits per heavy atom. The van der Waals surface area contributed by atoms with Gasteiger partial charge < -0.3 is 14.7 Å². The van der Waals surface area contributed by atoms with Crippen LogP contribution in [0.5, 0.6) is 11.5 Å². The van der Waals surface area contributed by atoms with E-state index >= 15 is 0 Å². The number of benzene rings is 2. The van der Waals surface area contributed by atoms with Crippen molar-refractivity contribution < 1.29 is 14.6 Å². The highest BCUT2D eigenvalue weighted by Crippen LogP contribution is 2.24. The van der Waals surface area contributed by atoms with Gasteiger partial charge in [-0.2, -0.15) is 0 Å². The Hall–Kier alpha value is -2.53. The van der Waals surface area contributed by atoms with Gasteiger partial charge in [-0.3, -0.25) is 9.69 Å². The minimum Gasteiger partial charge on any atom is -0.508 e. The molecule has 5 nitrogen and oxygen atoms in total. The van der Waals surface area contributed by atoms with Crippen LogP contribution in [0, 0.1) is 13.8 Å². The first-order valence-corrected chi connectivity index (χ1v) is 9.95. The Kier molecular flexibility index (Phi) is 6.57. The van der Waals surface area contributed by atoms with Gasteiger partial charge in [0.1, 0.15) is 11.5 Å². The van der Waals surface area contributed by atoms with E-state index in [4.69, 9.17) is 4.74 Å². The van der Waals surface area contributed by atoms with Crippen LogP contribution in [-0.4, -0.2) is 53.6 Å². The maximum Gasteiger partial charge on any atom is 0.226 e. The van der Waals surface area contributed by atoms with Gasteiger partial charge in [0.2, 0.25) is 5.91 Å². The predicted octanol–water partition coefficient (Wildman–Crippen LogP) is 3.68. The van der Waals surface area contributed by atoms with E-state index in [-0.39, 0.29) is 11.7 Å². The molecule has 1 amide bonds. The molecule has 1 fully saturated rings. The molecule has 2 aromatic carbocycles. The number of aromatic hydroxyl groups is 1. The fraction of sp³-hybridized carbons (Fsp3) is 0.435. The molecule has 5 heteroatoms. The van der Waals surface area contributed by atoms with Crippen LogP contribution in [0.15, 0.2) is 42.5 Å². The molecule has 1 aliphatic heterocycles. The van der Waals surface area contributed by atoms with Crippen LogP contribution in [0.4, 0.5) is 0 Å². The third-order valence-electron chi connectivity index (χ3n) is 5.63. The second kappa shape index (κ2) is 9.11. The Morgan fingerprint density at radius 1 is 1.07 bits per heavy atom. The third-order valence-corrected chi connectivity index (χ3v) is 5.63. The van der Waals surface area contributed by atoms with Crippen molar-refractivity contribution in [3.05, 3.63) is 59.2 Å². The number of phenols is 1. The zero-order chi connectivity index (χ0) is 20.1. The Labute approximate surface area is 167 Å². The number of carbonyl (C=O) groups is 1. The Bertz CT molecular complexity index is 813. The van der Waals surface area contributed by atoms with Crippen LogP contribution < -0.4 is 4.74 Å². The molecular formula is C23H30N2O3. The summed E-state index contributed by atoms with van der Waals surface area (Å²) in [6.45, 7) is 10.1. The second-order valence-corrected chi connectivity index (χ2v) is 7.53. The minimum absolute atomic E-state index is 0.124. The van der Waals surface area contributed by atoms with Crippen LogP contribution in [0.1, 0.15) is 36.1 Å². The van der Waals surface area contributed by atoms with Crippen molar-refractivity contribution in [2.24, 2.45) is 0 Å². The molecule has 3 rings (SSSR count). The molecule has 0 aromatic heterocycles. The molecule has 1 atom stereocenters. The zero-order valence-corrected chi connectivity index (χ0v) is 17.0. The second-order valence-electron chi connectivity index (χ2n) is 7.53. The topological polar surface area (TPSA) is 53.0 Å². The lowest BCUT2D eigenvalue weighted by Gasteiger charge is -2.38. The maximum atomic E-state index is 12.5. The third kappa shape index (κ3) is 5.04. The zero-order valence-electron chi connectivity index (χ0n) is 17.0. The van der Waals surface area contributed by atoms with Crippen molar-refractivity contribution in [2.75, 3.05) is 32.8 Å². The van der Waals surface area contributed by atoms with Crippen molar-refractivity contribution in [1.29, 1.82) is 0 Å². The van der Waals surface area contributed by atoms with Gasteiger partial charge in [-0.05, 0) is 49.6 Å². The summed E-state index contributed by atoms with van der Waals surface area (Å²) >= 11 is 0. The first-order chi connectivity index (χ1) is 13.4. The summed E-state index contributed by atoms with van der Waals surface area (Å²) < 4.78 is 5.57. The molecule has 0 bridgehead atoms. The lowest BCUT2D eigenvalue weighted by atomic mass is 10.0. The van der Waals surface area contributed by atoms with Gasteiger partial charge in [0.25, 0.3) is 0 Å². The number of nitrogens with zero attached hydrogens (tertiary/aromatic N) is 2. The molecule has 2 aromatic rings. The lowest BCUT2D eigenvalue weighted by Crippen LogP contribution is -2.49. The van der Waals surface area contributed by atoms with E-state index in [1.54, 1.807) is 24.3 Å². The summed E-state index contributed by atoms with van der Waals surface area (Å²) in [5.41, 5.74) is 3.98. The van der Waals surface area contributed by atoms with Gasteiger partial charge in [-0.1, -0.05) is 24.3 Å². The molecule has 1 unspecified atom stereocenters. The highest BCUT2D eigenvalue weighted by atomic mass is 16.5. The minimum atomic E-state index is 0.124. The molecule has 0 saturated carbocycles. The van der Waals surface area contributed by atoms with E-state index in [9.17, 15) is 9.90 Å². The van der Waals surface area contributed by atoms with Crippen LogP contribution in [0.2, 0.25) is 0 Å². The van der Waals surface area contributed by atoms with E-state index in [1.165, 1.54) is 16.7 Å². The molecule has 1 aliphatic rings. The van der Waals surface area contributed by atoms with Gasteiger partial charge in [-0.25, -0.2) is 0 Å². The summed E-state index contributed by atoms with van der Waals surface area (Å²) in [4.78, 5) is 16.8. The van der Waals surface area contributed by atoms with Gasteiger partial charge >= 0.3 is 0 Å². The van der Waals surface area contributed by atoms with Gasteiger partial charge in [0, 0.05) is 38.3 Å². The number of amides is 1. The number of rotatable bonds is 6. The number of aryl methyl sites for hydroxylation is 2. The SMILES string of the molecule is Cc1ccc(C(C)N2CCN(C(=O)CCOc3cccc(O)c3)CC2)cc1C. The molecule has 0 aliphatic carbocycles. The fourth-order valence-corrected chi connectivity index (χ4v) is 3.58. The highest BCUT2D eigenvalue weighted by Gasteiger charge is 2.24. The number of ether oxygens (including phenoxy) is 1. The Balaban J connectivity index is 1.45. The van der Waals surface area contributed by atoms with Gasteiger partial charge in [-0.15, -0.1) is 0 Å². The first-order valence-electron chi connectivity index (χ1n) is 9.95. The average Bonchev–Trinajstić information content (AvgIpc) is 2.69. The maximum absolute atomic E-state index is 12.5. The highest BCUT2D eigenvalue weighted by molar-refractivity contribution is 5.76. The summed E-state index contributed by atoms with van der Waals surface area (Å²) in [6.07, 6.45) is 0.350. The molecule has 0 spiro atoms. The van der Waals surface area contributed by atoms with Crippen molar-refractivity contribution >= 4 is 5.91 Å². The normalized spacial score (nSPS) is 16.0. The standard InChI is InChI=1S/C23H30N2O3/c1-17-7-8-20(15-18(17)2)19(3)24-10-12-25(13-11-24)23(27)9-14-28-22-6-4-5-21(26)16-22/h4-8,15-16,19,26H,9-14H2,1-3H3.